The summed E-state index contributed by atoms with van der Waals surface area (Å²) in [5.41, 5.74) is 5.66. The molecule has 0 unspecified atom stereocenters. The number of H-pyrrole nitrogens is 1. The number of esters is 1. The number of nitrogen functional groups attached to an aromatic ring is 1. The van der Waals surface area contributed by atoms with Gasteiger partial charge < -0.3 is 19.6 Å². The van der Waals surface area contributed by atoms with Gasteiger partial charge in [-0.3, -0.25) is 24.0 Å². The molecule has 2 heterocycles. The lowest BCUT2D eigenvalue weighted by Crippen LogP contribution is -2.44. The minimum Gasteiger partial charge on any atom is -0.450 e. The van der Waals surface area contributed by atoms with Crippen molar-refractivity contribution in [2.45, 2.75) is 6.54 Å². The highest BCUT2D eigenvalue weighted by atomic mass is 16.5. The number of nitrogens with zero attached hydrogens (tertiary/aromatic N) is 2. The zero-order valence-electron chi connectivity index (χ0n) is 19.4. The molecule has 0 radical (unpaired) electrons. The van der Waals surface area contributed by atoms with Crippen LogP contribution in [0.2, 0.25) is 0 Å². The number of aromatic nitrogens is 2. The minimum atomic E-state index is -0.852. The lowest BCUT2D eigenvalue weighted by molar-refractivity contribution is -0.121. The van der Waals surface area contributed by atoms with Crippen LogP contribution in [0.4, 0.5) is 11.5 Å². The second kappa shape index (κ2) is 10.7. The first kappa shape index (κ1) is 24.5. The number of nitrogens with one attached hydrogen (secondary N) is 1. The van der Waals surface area contributed by atoms with Gasteiger partial charge in [0.1, 0.15) is 11.4 Å². The number of benzene rings is 2. The molecule has 2 aromatic carbocycles. The SMILES string of the molecule is COCCN(C(=O)COC(=O)c1cc2ccccc2o1)c1c(N)n(Cc2ccccc2)c(=O)[nH]c1=O. The summed E-state index contributed by atoms with van der Waals surface area (Å²) < 4.78 is 16.8. The molecule has 0 saturated heterocycles. The summed E-state index contributed by atoms with van der Waals surface area (Å²) in [4.78, 5) is 54.0. The molecule has 0 aliphatic rings. The topological polar surface area (TPSA) is 150 Å². The van der Waals surface area contributed by atoms with E-state index in [1.807, 2.05) is 6.07 Å². The maximum Gasteiger partial charge on any atom is 0.374 e. The summed E-state index contributed by atoms with van der Waals surface area (Å²) in [7, 11) is 1.42. The summed E-state index contributed by atoms with van der Waals surface area (Å²) in [5.74, 6) is -1.86. The molecule has 0 bridgehead atoms. The molecule has 2 aromatic heterocycles. The number of carbonyl (C=O) groups excluding carboxylic acids is 2. The number of anilines is 2. The Balaban J connectivity index is 1.59. The molecular weight excluding hydrogens is 468 g/mol. The van der Waals surface area contributed by atoms with Crippen molar-refractivity contribution in [1.29, 1.82) is 0 Å². The number of hydrogen-bond donors (Lipinski definition) is 2. The zero-order valence-corrected chi connectivity index (χ0v) is 19.4. The lowest BCUT2D eigenvalue weighted by Gasteiger charge is -2.24. The van der Waals surface area contributed by atoms with Crippen molar-refractivity contribution in [2.75, 3.05) is 37.5 Å². The van der Waals surface area contributed by atoms with Crippen molar-refractivity contribution in [2.24, 2.45) is 0 Å². The first-order valence-corrected chi connectivity index (χ1v) is 11.0. The number of rotatable bonds is 9. The van der Waals surface area contributed by atoms with E-state index in [4.69, 9.17) is 19.6 Å². The van der Waals surface area contributed by atoms with Crippen LogP contribution in [-0.2, 0) is 20.8 Å². The number of nitrogens with two attached hydrogens (primary N) is 1. The van der Waals surface area contributed by atoms with Gasteiger partial charge in [0.2, 0.25) is 5.76 Å². The van der Waals surface area contributed by atoms with E-state index in [0.29, 0.717) is 11.0 Å². The predicted molar refractivity (Wildman–Crippen MR) is 132 cm³/mol. The quantitative estimate of drug-likeness (QED) is 0.336. The number of hydrogen-bond acceptors (Lipinski definition) is 8. The van der Waals surface area contributed by atoms with E-state index in [2.05, 4.69) is 4.98 Å². The Morgan fingerprint density at radius 1 is 1.08 bits per heavy atom. The van der Waals surface area contributed by atoms with Crippen LogP contribution in [-0.4, -0.2) is 48.3 Å². The Bertz CT molecular complexity index is 1470. The molecule has 4 rings (SSSR count). The largest absolute Gasteiger partial charge is 0.450 e. The van der Waals surface area contributed by atoms with E-state index in [1.165, 1.54) is 13.2 Å². The van der Waals surface area contributed by atoms with Gasteiger partial charge in [-0.15, -0.1) is 0 Å². The minimum absolute atomic E-state index is 0.0555. The number of aromatic amines is 1. The molecule has 0 saturated carbocycles. The van der Waals surface area contributed by atoms with Gasteiger partial charge in [-0.05, 0) is 17.7 Å². The Hall–Kier alpha value is -4.64. The van der Waals surface area contributed by atoms with Gasteiger partial charge >= 0.3 is 11.7 Å². The average molecular weight is 492 g/mol. The van der Waals surface area contributed by atoms with Gasteiger partial charge in [0, 0.05) is 19.0 Å². The van der Waals surface area contributed by atoms with Gasteiger partial charge in [0.05, 0.1) is 13.2 Å². The molecule has 3 N–H and O–H groups in total. The Kier molecular flexibility index (Phi) is 7.31. The first-order valence-electron chi connectivity index (χ1n) is 11.0. The maximum absolute atomic E-state index is 13.1. The van der Waals surface area contributed by atoms with Gasteiger partial charge in [-0.1, -0.05) is 48.5 Å². The van der Waals surface area contributed by atoms with Crippen molar-refractivity contribution < 1.29 is 23.5 Å². The first-order chi connectivity index (χ1) is 17.4. The number of furan rings is 1. The zero-order chi connectivity index (χ0) is 25.7. The van der Waals surface area contributed by atoms with Gasteiger partial charge in [0.25, 0.3) is 11.5 Å². The lowest BCUT2D eigenvalue weighted by atomic mass is 10.2. The van der Waals surface area contributed by atoms with Crippen LogP contribution < -0.4 is 21.9 Å². The fraction of sp³-hybridized carbons (Fsp3) is 0.200. The number of carbonyl (C=O) groups is 2. The standard InChI is InChI=1S/C25H24N4O7/c1-34-12-11-28(20(30)15-35-24(32)19-13-17-9-5-6-10-18(17)36-19)21-22(26)29(25(33)27-23(21)31)14-16-7-3-2-4-8-16/h2-10,13H,11-12,14-15,26H2,1H3,(H,27,31,33). The number of fused-ring (bicyclic) bond motifs is 1. The summed E-state index contributed by atoms with van der Waals surface area (Å²) in [6, 6.07) is 17.5. The van der Waals surface area contributed by atoms with E-state index < -0.39 is 29.7 Å². The van der Waals surface area contributed by atoms with Gasteiger partial charge in [0.15, 0.2) is 12.3 Å². The Morgan fingerprint density at radius 2 is 1.81 bits per heavy atom. The monoisotopic (exact) mass is 492 g/mol. The van der Waals surface area contributed by atoms with Crippen LogP contribution in [0.5, 0.6) is 0 Å². The van der Waals surface area contributed by atoms with E-state index >= 15 is 0 Å². The third-order valence-corrected chi connectivity index (χ3v) is 5.44. The molecular formula is C25H24N4O7. The molecule has 1 amide bonds. The summed E-state index contributed by atoms with van der Waals surface area (Å²) in [5, 5.41) is 0.706. The van der Waals surface area contributed by atoms with Crippen LogP contribution in [0.3, 0.4) is 0 Å². The average Bonchev–Trinajstić information content (AvgIpc) is 3.32. The smallest absolute Gasteiger partial charge is 0.374 e. The molecule has 186 valence electrons. The Labute approximate surface area is 204 Å². The maximum atomic E-state index is 13.1. The number of amides is 1. The van der Waals surface area contributed by atoms with E-state index in [0.717, 1.165) is 15.0 Å². The summed E-state index contributed by atoms with van der Waals surface area (Å²) in [6.07, 6.45) is 0. The fourth-order valence-electron chi connectivity index (χ4n) is 3.66. The number of ether oxygens (including phenoxy) is 2. The second-order valence-corrected chi connectivity index (χ2v) is 7.83. The van der Waals surface area contributed by atoms with E-state index in [1.54, 1.807) is 48.5 Å². The van der Waals surface area contributed by atoms with Crippen LogP contribution in [0.25, 0.3) is 11.0 Å². The van der Waals surface area contributed by atoms with Crippen molar-refractivity contribution in [3.05, 3.63) is 92.8 Å². The molecule has 4 aromatic rings. The third kappa shape index (κ3) is 5.20. The molecule has 11 nitrogen and oxygen atoms in total. The molecule has 0 aliphatic heterocycles. The van der Waals surface area contributed by atoms with Crippen LogP contribution in [0.1, 0.15) is 16.1 Å². The summed E-state index contributed by atoms with van der Waals surface area (Å²) in [6.45, 7) is -0.646. The van der Waals surface area contributed by atoms with Crippen molar-refractivity contribution in [3.63, 3.8) is 0 Å². The van der Waals surface area contributed by atoms with Gasteiger partial charge in [-0.25, -0.2) is 9.59 Å². The van der Waals surface area contributed by atoms with Crippen molar-refractivity contribution in [1.82, 2.24) is 9.55 Å². The highest BCUT2D eigenvalue weighted by Gasteiger charge is 2.26. The Morgan fingerprint density at radius 3 is 2.53 bits per heavy atom. The highest BCUT2D eigenvalue weighted by molar-refractivity contribution is 5.99. The van der Waals surface area contributed by atoms with Crippen LogP contribution in [0, 0.1) is 0 Å². The van der Waals surface area contributed by atoms with Crippen molar-refractivity contribution in [3.8, 4) is 0 Å². The highest BCUT2D eigenvalue weighted by Crippen LogP contribution is 2.20. The van der Waals surface area contributed by atoms with Crippen molar-refractivity contribution >= 4 is 34.4 Å². The van der Waals surface area contributed by atoms with Crippen LogP contribution >= 0.6 is 0 Å². The molecule has 0 fully saturated rings. The fourth-order valence-corrected chi connectivity index (χ4v) is 3.66. The predicted octanol–water partition coefficient (Wildman–Crippen LogP) is 1.75. The molecule has 0 atom stereocenters. The normalized spacial score (nSPS) is 10.9. The number of para-hydroxylation sites is 1. The van der Waals surface area contributed by atoms with E-state index in [-0.39, 0.29) is 37.0 Å². The second-order valence-electron chi connectivity index (χ2n) is 7.83. The molecule has 36 heavy (non-hydrogen) atoms. The third-order valence-electron chi connectivity index (χ3n) is 5.44. The summed E-state index contributed by atoms with van der Waals surface area (Å²) >= 11 is 0. The van der Waals surface area contributed by atoms with Crippen LogP contribution in [0.15, 0.2) is 74.7 Å². The molecule has 11 heteroatoms. The van der Waals surface area contributed by atoms with Gasteiger partial charge in [-0.2, -0.15) is 0 Å². The molecule has 0 aliphatic carbocycles. The van der Waals surface area contributed by atoms with E-state index in [9.17, 15) is 19.2 Å². The number of methoxy groups -OCH3 is 1. The molecule has 0 spiro atoms.